The van der Waals surface area contributed by atoms with Gasteiger partial charge in [0.05, 0.1) is 18.8 Å². The third kappa shape index (κ3) is 4.71. The van der Waals surface area contributed by atoms with Crippen LogP contribution in [-0.2, 0) is 23.2 Å². The van der Waals surface area contributed by atoms with E-state index in [-0.39, 0.29) is 5.54 Å². The Labute approximate surface area is 178 Å². The average molecular weight is 412 g/mol. The number of hydrogen-bond acceptors (Lipinski definition) is 6. The molecule has 30 heavy (non-hydrogen) atoms. The van der Waals surface area contributed by atoms with Gasteiger partial charge in [0.25, 0.3) is 0 Å². The predicted molar refractivity (Wildman–Crippen MR) is 117 cm³/mol. The van der Waals surface area contributed by atoms with Gasteiger partial charge in [-0.1, -0.05) is 25.1 Å². The van der Waals surface area contributed by atoms with E-state index in [0.29, 0.717) is 0 Å². The van der Waals surface area contributed by atoms with E-state index in [1.807, 2.05) is 4.68 Å². The van der Waals surface area contributed by atoms with Crippen LogP contribution in [-0.4, -0.2) is 69.5 Å². The van der Waals surface area contributed by atoms with Crippen molar-refractivity contribution in [2.45, 2.75) is 45.2 Å². The normalized spacial score (nSPS) is 17.4. The number of fused-ring (bicyclic) bond motifs is 1. The van der Waals surface area contributed by atoms with Crippen molar-refractivity contribution in [3.63, 3.8) is 0 Å². The van der Waals surface area contributed by atoms with Crippen LogP contribution in [0.1, 0.15) is 38.1 Å². The smallest absolute Gasteiger partial charge is 0.171 e. The molecular formula is C22H33N7O. The zero-order valence-corrected chi connectivity index (χ0v) is 18.1. The molecular weight excluding hydrogens is 378 g/mol. The number of aromatic nitrogens is 5. The zero-order chi connectivity index (χ0) is 20.8. The monoisotopic (exact) mass is 411 g/mol. The van der Waals surface area contributed by atoms with Gasteiger partial charge in [-0.05, 0) is 48.2 Å². The molecule has 0 aliphatic carbocycles. The quantitative estimate of drug-likeness (QED) is 0.533. The molecule has 3 heterocycles. The van der Waals surface area contributed by atoms with Crippen LogP contribution in [0.3, 0.4) is 0 Å². The molecule has 0 unspecified atom stereocenters. The first kappa shape index (κ1) is 21.0. The van der Waals surface area contributed by atoms with Crippen molar-refractivity contribution in [2.75, 3.05) is 39.4 Å². The van der Waals surface area contributed by atoms with Crippen molar-refractivity contribution < 1.29 is 4.74 Å². The van der Waals surface area contributed by atoms with Crippen LogP contribution in [0.2, 0.25) is 0 Å². The van der Waals surface area contributed by atoms with Gasteiger partial charge in [-0.15, -0.1) is 5.10 Å². The van der Waals surface area contributed by atoms with E-state index in [0.717, 1.165) is 71.0 Å². The van der Waals surface area contributed by atoms with E-state index in [4.69, 9.17) is 4.74 Å². The minimum Gasteiger partial charge on any atom is -0.379 e. The Balaban J connectivity index is 1.34. The van der Waals surface area contributed by atoms with Crippen LogP contribution in [0.4, 0.5) is 0 Å². The number of tetrazole rings is 1. The first-order valence-electron chi connectivity index (χ1n) is 11.1. The second-order valence-electron chi connectivity index (χ2n) is 8.26. The van der Waals surface area contributed by atoms with Crippen molar-refractivity contribution in [3.8, 4) is 0 Å². The number of rotatable bonds is 10. The summed E-state index contributed by atoms with van der Waals surface area (Å²) in [7, 11) is 0. The molecule has 1 aromatic carbocycles. The fourth-order valence-corrected chi connectivity index (χ4v) is 4.19. The Kier molecular flexibility index (Phi) is 6.76. The van der Waals surface area contributed by atoms with E-state index in [2.05, 4.69) is 75.0 Å². The van der Waals surface area contributed by atoms with Gasteiger partial charge in [-0.3, -0.25) is 4.90 Å². The van der Waals surface area contributed by atoms with Crippen LogP contribution in [0.15, 0.2) is 30.5 Å². The number of ether oxygens (including phenoxy) is 1. The largest absolute Gasteiger partial charge is 0.379 e. The van der Waals surface area contributed by atoms with Gasteiger partial charge in [-0.25, -0.2) is 4.68 Å². The molecule has 1 aliphatic heterocycles. The molecule has 4 rings (SSSR count). The minimum atomic E-state index is -0.255. The Morgan fingerprint density at radius 1 is 1.20 bits per heavy atom. The zero-order valence-electron chi connectivity index (χ0n) is 18.1. The van der Waals surface area contributed by atoms with E-state index in [1.54, 1.807) is 0 Å². The summed E-state index contributed by atoms with van der Waals surface area (Å²) in [5.74, 6) is 0.922. The van der Waals surface area contributed by atoms with Gasteiger partial charge in [0.1, 0.15) is 0 Å². The lowest BCUT2D eigenvalue weighted by Crippen LogP contribution is -2.43. The number of nitrogens with one attached hydrogen (secondary N) is 2. The van der Waals surface area contributed by atoms with Crippen molar-refractivity contribution in [3.05, 3.63) is 41.9 Å². The second-order valence-corrected chi connectivity index (χ2v) is 8.26. The number of aromatic amines is 1. The summed E-state index contributed by atoms with van der Waals surface area (Å²) in [5, 5.41) is 17.7. The van der Waals surface area contributed by atoms with Crippen LogP contribution in [0, 0.1) is 0 Å². The molecule has 0 amide bonds. The first-order valence-corrected chi connectivity index (χ1v) is 11.1. The lowest BCUT2D eigenvalue weighted by atomic mass is 9.97. The van der Waals surface area contributed by atoms with Gasteiger partial charge >= 0.3 is 0 Å². The van der Waals surface area contributed by atoms with Gasteiger partial charge < -0.3 is 15.0 Å². The summed E-state index contributed by atoms with van der Waals surface area (Å²) in [6.45, 7) is 10.9. The average Bonchev–Trinajstić information content (AvgIpc) is 3.42. The highest BCUT2D eigenvalue weighted by molar-refractivity contribution is 5.83. The number of nitrogens with zero attached hydrogens (tertiary/aromatic N) is 5. The van der Waals surface area contributed by atoms with Gasteiger partial charge in [0.2, 0.25) is 0 Å². The van der Waals surface area contributed by atoms with Crippen molar-refractivity contribution in [1.82, 2.24) is 35.4 Å². The molecule has 0 spiro atoms. The first-order chi connectivity index (χ1) is 14.7. The Morgan fingerprint density at radius 3 is 2.87 bits per heavy atom. The van der Waals surface area contributed by atoms with E-state index in [9.17, 15) is 0 Å². The number of para-hydroxylation sites is 1. The van der Waals surface area contributed by atoms with E-state index in [1.165, 1.54) is 16.5 Å². The molecule has 2 aromatic heterocycles. The Morgan fingerprint density at radius 2 is 2.03 bits per heavy atom. The molecule has 8 heteroatoms. The number of H-pyrrole nitrogens is 1. The highest BCUT2D eigenvalue weighted by atomic mass is 16.5. The molecule has 1 aliphatic rings. The summed E-state index contributed by atoms with van der Waals surface area (Å²) in [5.41, 5.74) is 2.27. The highest BCUT2D eigenvalue weighted by Gasteiger charge is 2.30. The fourth-order valence-electron chi connectivity index (χ4n) is 4.19. The van der Waals surface area contributed by atoms with Gasteiger partial charge in [0, 0.05) is 49.8 Å². The molecule has 2 N–H and O–H groups in total. The second kappa shape index (κ2) is 9.68. The van der Waals surface area contributed by atoms with Gasteiger partial charge in [0.15, 0.2) is 5.82 Å². The van der Waals surface area contributed by atoms with Crippen LogP contribution in [0.5, 0.6) is 0 Å². The standard InChI is InChI=1S/C22H33N7O/c1-3-22(2,24-10-9-18-17-23-20-8-5-4-7-19(18)20)21-25-26-27-29(21)12-6-11-28-13-15-30-16-14-28/h4-5,7-8,17,23-24H,3,6,9-16H2,1-2H3/t22-/m1/s1. The molecule has 0 bridgehead atoms. The van der Waals surface area contributed by atoms with E-state index < -0.39 is 0 Å². The maximum absolute atomic E-state index is 5.43. The maximum atomic E-state index is 5.43. The summed E-state index contributed by atoms with van der Waals surface area (Å²) in [6.07, 6.45) is 5.03. The molecule has 1 fully saturated rings. The third-order valence-electron chi connectivity index (χ3n) is 6.26. The minimum absolute atomic E-state index is 0.255. The third-order valence-corrected chi connectivity index (χ3v) is 6.26. The lowest BCUT2D eigenvalue weighted by molar-refractivity contribution is 0.0367. The molecule has 1 atom stereocenters. The number of morpholine rings is 1. The Hall–Kier alpha value is -2.29. The SMILES string of the molecule is CC[C@@](C)(NCCc1c[nH]c2ccccc12)c1nnnn1CCCN1CCOCC1. The number of benzene rings is 1. The summed E-state index contributed by atoms with van der Waals surface area (Å²) < 4.78 is 7.40. The lowest BCUT2D eigenvalue weighted by Gasteiger charge is -2.29. The maximum Gasteiger partial charge on any atom is 0.171 e. The van der Waals surface area contributed by atoms with Crippen molar-refractivity contribution >= 4 is 10.9 Å². The van der Waals surface area contributed by atoms with Gasteiger partial charge in [-0.2, -0.15) is 0 Å². The van der Waals surface area contributed by atoms with Crippen molar-refractivity contribution in [1.29, 1.82) is 0 Å². The number of aryl methyl sites for hydroxylation is 1. The topological polar surface area (TPSA) is 83.9 Å². The molecule has 8 nitrogen and oxygen atoms in total. The summed E-state index contributed by atoms with van der Waals surface area (Å²) in [4.78, 5) is 5.81. The van der Waals surface area contributed by atoms with Crippen LogP contribution >= 0.6 is 0 Å². The fraction of sp³-hybridized carbons (Fsp3) is 0.591. The Bertz CT molecular complexity index is 930. The summed E-state index contributed by atoms with van der Waals surface area (Å²) >= 11 is 0. The highest BCUT2D eigenvalue weighted by Crippen LogP contribution is 2.23. The molecule has 3 aromatic rings. The molecule has 1 saturated heterocycles. The molecule has 0 saturated carbocycles. The predicted octanol–water partition coefficient (Wildman–Crippen LogP) is 2.33. The number of hydrogen-bond donors (Lipinski definition) is 2. The van der Waals surface area contributed by atoms with Crippen LogP contribution in [0.25, 0.3) is 10.9 Å². The molecule has 162 valence electrons. The van der Waals surface area contributed by atoms with E-state index >= 15 is 0 Å². The molecule has 0 radical (unpaired) electrons. The van der Waals surface area contributed by atoms with Crippen LogP contribution < -0.4 is 5.32 Å². The summed E-state index contributed by atoms with van der Waals surface area (Å²) in [6, 6.07) is 8.45. The van der Waals surface area contributed by atoms with Crippen molar-refractivity contribution in [2.24, 2.45) is 0 Å².